The number of amides is 1. The van der Waals surface area contributed by atoms with Crippen LogP contribution in [-0.2, 0) is 14.3 Å². The number of ether oxygens (including phenoxy) is 2. The van der Waals surface area contributed by atoms with Gasteiger partial charge in [-0.15, -0.1) is 0 Å². The minimum atomic E-state index is -0.714. The van der Waals surface area contributed by atoms with E-state index in [-0.39, 0.29) is 12.5 Å². The topological polar surface area (TPSA) is 94.8 Å². The molecule has 2 rings (SSSR count). The zero-order chi connectivity index (χ0) is 19.3. The molecule has 0 aliphatic rings. The third-order valence-electron chi connectivity index (χ3n) is 3.82. The van der Waals surface area contributed by atoms with Gasteiger partial charge in [0.1, 0.15) is 17.4 Å². The molecule has 0 bridgehead atoms. The molecule has 2 aromatic rings. The second kappa shape index (κ2) is 8.51. The number of esters is 1. The minimum Gasteiger partial charge on any atom is -0.484 e. The molecule has 1 atom stereocenters. The predicted octanol–water partition coefficient (Wildman–Crippen LogP) is 2.18. The Morgan fingerprint density at radius 1 is 1.23 bits per heavy atom. The van der Waals surface area contributed by atoms with E-state index < -0.39 is 23.5 Å². The van der Waals surface area contributed by atoms with Gasteiger partial charge in [-0.05, 0) is 37.0 Å². The van der Waals surface area contributed by atoms with E-state index in [0.717, 1.165) is 10.9 Å². The van der Waals surface area contributed by atoms with Crippen molar-refractivity contribution in [3.05, 3.63) is 40.2 Å². The molecule has 0 aliphatic heterocycles. The summed E-state index contributed by atoms with van der Waals surface area (Å²) in [6.07, 6.45) is 0.471. The molecule has 0 spiro atoms. The summed E-state index contributed by atoms with van der Waals surface area (Å²) < 4.78 is 15.3. The molecule has 7 nitrogen and oxygen atoms in total. The van der Waals surface area contributed by atoms with E-state index in [1.165, 1.54) is 13.2 Å². The normalized spacial score (nSPS) is 12.0. The first-order valence-corrected chi connectivity index (χ1v) is 8.34. The van der Waals surface area contributed by atoms with Crippen molar-refractivity contribution in [2.75, 3.05) is 13.7 Å². The highest BCUT2D eigenvalue weighted by atomic mass is 16.5. The van der Waals surface area contributed by atoms with Crippen LogP contribution in [0.25, 0.3) is 11.0 Å². The third kappa shape index (κ3) is 5.08. The number of benzene rings is 1. The maximum Gasteiger partial charge on any atom is 0.336 e. The summed E-state index contributed by atoms with van der Waals surface area (Å²) in [5, 5.41) is 3.41. The minimum absolute atomic E-state index is 0.215. The number of carbonyl (C=O) groups excluding carboxylic acids is 2. The van der Waals surface area contributed by atoms with Crippen LogP contribution in [0, 0.1) is 12.8 Å². The number of aryl methyl sites for hydroxylation is 1. The first-order chi connectivity index (χ1) is 12.3. The Kier molecular flexibility index (Phi) is 6.38. The maximum absolute atomic E-state index is 12.1. The molecular weight excluding hydrogens is 338 g/mol. The van der Waals surface area contributed by atoms with Gasteiger partial charge in [0.15, 0.2) is 6.61 Å². The Hall–Kier alpha value is -2.83. The van der Waals surface area contributed by atoms with Crippen LogP contribution in [0.4, 0.5) is 0 Å². The van der Waals surface area contributed by atoms with Crippen molar-refractivity contribution in [3.63, 3.8) is 0 Å². The van der Waals surface area contributed by atoms with Gasteiger partial charge < -0.3 is 19.2 Å². The van der Waals surface area contributed by atoms with Crippen molar-refractivity contribution in [3.8, 4) is 5.75 Å². The number of carbonyl (C=O) groups is 2. The number of fused-ring (bicyclic) bond motifs is 1. The van der Waals surface area contributed by atoms with Gasteiger partial charge in [0, 0.05) is 17.5 Å². The number of nitrogens with one attached hydrogen (secondary N) is 1. The summed E-state index contributed by atoms with van der Waals surface area (Å²) in [5.41, 5.74) is 0.745. The molecule has 0 saturated heterocycles. The lowest BCUT2D eigenvalue weighted by Crippen LogP contribution is -2.44. The van der Waals surface area contributed by atoms with Crippen molar-refractivity contribution in [1.29, 1.82) is 0 Å². The Labute approximate surface area is 151 Å². The molecule has 0 saturated carbocycles. The van der Waals surface area contributed by atoms with Crippen LogP contribution >= 0.6 is 0 Å². The largest absolute Gasteiger partial charge is 0.484 e. The predicted molar refractivity (Wildman–Crippen MR) is 96.1 cm³/mol. The Morgan fingerprint density at radius 3 is 2.62 bits per heavy atom. The molecule has 140 valence electrons. The highest BCUT2D eigenvalue weighted by Gasteiger charge is 2.22. The summed E-state index contributed by atoms with van der Waals surface area (Å²) in [7, 11) is 1.28. The summed E-state index contributed by atoms with van der Waals surface area (Å²) >= 11 is 0. The van der Waals surface area contributed by atoms with E-state index >= 15 is 0 Å². The van der Waals surface area contributed by atoms with Gasteiger partial charge in [-0.3, -0.25) is 4.79 Å². The summed E-state index contributed by atoms with van der Waals surface area (Å²) in [4.78, 5) is 35.3. The molecule has 1 N–H and O–H groups in total. The van der Waals surface area contributed by atoms with Crippen LogP contribution < -0.4 is 15.7 Å². The molecule has 1 heterocycles. The summed E-state index contributed by atoms with van der Waals surface area (Å²) in [6.45, 7) is 5.44. The molecule has 0 fully saturated rings. The van der Waals surface area contributed by atoms with Crippen molar-refractivity contribution >= 4 is 22.8 Å². The fraction of sp³-hybridized carbons (Fsp3) is 0.421. The third-order valence-corrected chi connectivity index (χ3v) is 3.82. The fourth-order valence-electron chi connectivity index (χ4n) is 2.61. The van der Waals surface area contributed by atoms with Crippen LogP contribution in [0.15, 0.2) is 33.5 Å². The van der Waals surface area contributed by atoms with Crippen LogP contribution in [0.5, 0.6) is 5.75 Å². The first-order valence-electron chi connectivity index (χ1n) is 8.34. The molecule has 7 heteroatoms. The van der Waals surface area contributed by atoms with E-state index in [2.05, 4.69) is 5.32 Å². The van der Waals surface area contributed by atoms with E-state index in [0.29, 0.717) is 17.8 Å². The Morgan fingerprint density at radius 2 is 1.96 bits per heavy atom. The van der Waals surface area contributed by atoms with Crippen molar-refractivity contribution in [2.45, 2.75) is 33.2 Å². The van der Waals surface area contributed by atoms with Gasteiger partial charge in [0.2, 0.25) is 0 Å². The van der Waals surface area contributed by atoms with Crippen molar-refractivity contribution < 1.29 is 23.5 Å². The summed E-state index contributed by atoms with van der Waals surface area (Å²) in [6, 6.07) is 5.71. The Balaban J connectivity index is 2.03. The van der Waals surface area contributed by atoms with E-state index in [9.17, 15) is 14.4 Å². The molecule has 0 aliphatic carbocycles. The average molecular weight is 361 g/mol. The molecule has 1 aromatic carbocycles. The van der Waals surface area contributed by atoms with Gasteiger partial charge >= 0.3 is 11.6 Å². The van der Waals surface area contributed by atoms with Gasteiger partial charge in [-0.2, -0.15) is 0 Å². The van der Waals surface area contributed by atoms with E-state index in [1.807, 2.05) is 20.8 Å². The molecule has 0 unspecified atom stereocenters. The monoisotopic (exact) mass is 361 g/mol. The molecule has 1 amide bonds. The molecule has 26 heavy (non-hydrogen) atoms. The van der Waals surface area contributed by atoms with Crippen molar-refractivity contribution in [1.82, 2.24) is 5.32 Å². The standard InChI is InChI=1S/C19H23NO6/c1-11(2)7-15(19(23)24-4)20-17(21)10-25-13-5-6-14-12(3)8-18(22)26-16(14)9-13/h5-6,8-9,11,15H,7,10H2,1-4H3,(H,20,21)/t15-/m1/s1. The van der Waals surface area contributed by atoms with Gasteiger partial charge in [0.05, 0.1) is 7.11 Å². The lowest BCUT2D eigenvalue weighted by molar-refractivity contribution is -0.145. The molecule has 0 radical (unpaired) electrons. The van der Waals surface area contributed by atoms with Gasteiger partial charge in [-0.1, -0.05) is 13.8 Å². The number of hydrogen-bond acceptors (Lipinski definition) is 6. The van der Waals surface area contributed by atoms with Crippen LogP contribution in [0.1, 0.15) is 25.8 Å². The van der Waals surface area contributed by atoms with E-state index in [1.54, 1.807) is 18.2 Å². The molecule has 1 aromatic heterocycles. The quantitative estimate of drug-likeness (QED) is 0.600. The summed E-state index contributed by atoms with van der Waals surface area (Å²) in [5.74, 6) is -0.325. The Bertz CT molecular complexity index is 855. The maximum atomic E-state index is 12.1. The zero-order valence-electron chi connectivity index (χ0n) is 15.3. The first kappa shape index (κ1) is 19.5. The molecular formula is C19H23NO6. The second-order valence-electron chi connectivity index (χ2n) is 6.47. The van der Waals surface area contributed by atoms with Crippen LogP contribution in [0.2, 0.25) is 0 Å². The van der Waals surface area contributed by atoms with Crippen molar-refractivity contribution in [2.24, 2.45) is 5.92 Å². The highest BCUT2D eigenvalue weighted by molar-refractivity contribution is 5.85. The van der Waals surface area contributed by atoms with Gasteiger partial charge in [-0.25, -0.2) is 9.59 Å². The number of hydrogen-bond donors (Lipinski definition) is 1. The zero-order valence-corrected chi connectivity index (χ0v) is 15.3. The van der Waals surface area contributed by atoms with Gasteiger partial charge in [0.25, 0.3) is 5.91 Å². The SMILES string of the molecule is COC(=O)[C@@H](CC(C)C)NC(=O)COc1ccc2c(C)cc(=O)oc2c1. The van der Waals surface area contributed by atoms with E-state index in [4.69, 9.17) is 13.9 Å². The van der Waals surface area contributed by atoms with Crippen LogP contribution in [-0.4, -0.2) is 31.6 Å². The fourth-order valence-corrected chi connectivity index (χ4v) is 2.61. The highest BCUT2D eigenvalue weighted by Crippen LogP contribution is 2.22. The second-order valence-corrected chi connectivity index (χ2v) is 6.47. The smallest absolute Gasteiger partial charge is 0.336 e. The van der Waals surface area contributed by atoms with Crippen LogP contribution in [0.3, 0.4) is 0 Å². The average Bonchev–Trinajstić information content (AvgIpc) is 2.57. The number of methoxy groups -OCH3 is 1. The lowest BCUT2D eigenvalue weighted by Gasteiger charge is -2.18. The lowest BCUT2D eigenvalue weighted by atomic mass is 10.0. The number of rotatable bonds is 7.